The quantitative estimate of drug-likeness (QED) is 0.409. The number of allylic oxidation sites excluding steroid dienone is 1. The van der Waals surface area contributed by atoms with E-state index in [1.165, 1.54) is 0 Å². The Morgan fingerprint density at radius 3 is 2.31 bits per heavy atom. The Labute approximate surface area is 82.9 Å². The molecule has 1 nitrogen and oxygen atoms in total. The molecule has 0 saturated heterocycles. The van der Waals surface area contributed by atoms with E-state index in [1.807, 2.05) is 19.9 Å². The number of hydrogen-bond donors (Lipinski definition) is 1. The van der Waals surface area contributed by atoms with Crippen LogP contribution in [-0.2, 0) is 0 Å². The lowest BCUT2D eigenvalue weighted by molar-refractivity contribution is 0.228. The number of hydrogen-bond acceptors (Lipinski definition) is 1. The average molecular weight is 196 g/mol. The molecule has 13 heavy (non-hydrogen) atoms. The third kappa shape index (κ3) is 9.39. The van der Waals surface area contributed by atoms with Crippen LogP contribution in [-0.4, -0.2) is 19.3 Å². The van der Waals surface area contributed by atoms with Gasteiger partial charge in [-0.1, -0.05) is 31.3 Å². The van der Waals surface area contributed by atoms with Crippen LogP contribution in [0.3, 0.4) is 0 Å². The zero-order valence-electron chi connectivity index (χ0n) is 9.31. The molecule has 0 aromatic heterocycles. The minimum atomic E-state index is -1.26. The molecular formula is C11H20OSi. The first-order valence-electron chi connectivity index (χ1n) is 4.64. The lowest BCUT2D eigenvalue weighted by atomic mass is 10.2. The maximum Gasteiger partial charge on any atom is 0.129 e. The zero-order valence-corrected chi connectivity index (χ0v) is 10.3. The Bertz CT molecular complexity index is 233. The highest BCUT2D eigenvalue weighted by atomic mass is 28.3. The Kier molecular flexibility index (Phi) is 5.05. The van der Waals surface area contributed by atoms with Gasteiger partial charge in [-0.2, -0.15) is 0 Å². The Hall–Kier alpha value is -0.523. The molecule has 0 rings (SSSR count). The summed E-state index contributed by atoms with van der Waals surface area (Å²) in [5.74, 6) is 3.05. The molecule has 74 valence electrons. The van der Waals surface area contributed by atoms with Crippen LogP contribution in [0.2, 0.25) is 19.6 Å². The van der Waals surface area contributed by atoms with E-state index in [9.17, 15) is 5.11 Å². The molecule has 0 fully saturated rings. The Morgan fingerprint density at radius 1 is 1.38 bits per heavy atom. The van der Waals surface area contributed by atoms with Crippen LogP contribution >= 0.6 is 0 Å². The van der Waals surface area contributed by atoms with Gasteiger partial charge in [0, 0.05) is 6.42 Å². The van der Waals surface area contributed by atoms with E-state index in [0.29, 0.717) is 6.42 Å². The van der Waals surface area contributed by atoms with E-state index < -0.39 is 14.2 Å². The third-order valence-electron chi connectivity index (χ3n) is 1.30. The summed E-state index contributed by atoms with van der Waals surface area (Å²) in [5.41, 5.74) is 4.37. The van der Waals surface area contributed by atoms with Crippen LogP contribution in [0.25, 0.3) is 0 Å². The summed E-state index contributed by atoms with van der Waals surface area (Å²) >= 11 is 0. The van der Waals surface area contributed by atoms with Crippen molar-refractivity contribution in [1.29, 1.82) is 0 Å². The summed E-state index contributed by atoms with van der Waals surface area (Å²) in [6, 6.07) is 0. The lowest BCUT2D eigenvalue weighted by Gasteiger charge is -2.04. The number of aliphatic hydroxyl groups is 1. The van der Waals surface area contributed by atoms with E-state index in [2.05, 4.69) is 31.1 Å². The van der Waals surface area contributed by atoms with Crippen LogP contribution in [0.15, 0.2) is 11.6 Å². The van der Waals surface area contributed by atoms with E-state index in [1.54, 1.807) is 0 Å². The first-order valence-corrected chi connectivity index (χ1v) is 8.14. The van der Waals surface area contributed by atoms with Crippen molar-refractivity contribution in [3.8, 4) is 11.5 Å². The van der Waals surface area contributed by atoms with Crippen molar-refractivity contribution in [3.05, 3.63) is 11.6 Å². The van der Waals surface area contributed by atoms with Gasteiger partial charge >= 0.3 is 0 Å². The highest BCUT2D eigenvalue weighted by molar-refractivity contribution is 6.83. The van der Waals surface area contributed by atoms with Crippen LogP contribution in [0.1, 0.15) is 20.3 Å². The van der Waals surface area contributed by atoms with Crippen LogP contribution in [0, 0.1) is 11.5 Å². The standard InChI is InChI=1S/C11H20OSi/c1-10(2)9-11(12)7-6-8-13(3,4)5/h9,11-12H,7H2,1-5H3. The Balaban J connectivity index is 4.01. The number of rotatable bonds is 2. The summed E-state index contributed by atoms with van der Waals surface area (Å²) in [6.07, 6.45) is 2.02. The predicted molar refractivity (Wildman–Crippen MR) is 61.2 cm³/mol. The fraction of sp³-hybridized carbons (Fsp3) is 0.636. The molecule has 0 aliphatic rings. The first kappa shape index (κ1) is 12.5. The van der Waals surface area contributed by atoms with Crippen molar-refractivity contribution in [2.24, 2.45) is 0 Å². The highest BCUT2D eigenvalue weighted by Crippen LogP contribution is 2.00. The third-order valence-corrected chi connectivity index (χ3v) is 2.23. The Morgan fingerprint density at radius 2 is 1.92 bits per heavy atom. The van der Waals surface area contributed by atoms with Gasteiger partial charge in [0.15, 0.2) is 0 Å². The molecular weight excluding hydrogens is 176 g/mol. The molecule has 0 aromatic carbocycles. The van der Waals surface area contributed by atoms with Gasteiger partial charge in [0.05, 0.1) is 6.10 Å². The molecule has 2 heteroatoms. The van der Waals surface area contributed by atoms with E-state index in [0.717, 1.165) is 5.57 Å². The van der Waals surface area contributed by atoms with Crippen molar-refractivity contribution in [3.63, 3.8) is 0 Å². The second-order valence-corrected chi connectivity index (χ2v) is 9.32. The van der Waals surface area contributed by atoms with Gasteiger partial charge in [-0.05, 0) is 13.8 Å². The van der Waals surface area contributed by atoms with Crippen LogP contribution in [0.5, 0.6) is 0 Å². The smallest absolute Gasteiger partial charge is 0.129 e. The largest absolute Gasteiger partial charge is 0.388 e. The molecule has 0 saturated carbocycles. The summed E-state index contributed by atoms with van der Waals surface area (Å²) in [7, 11) is -1.26. The molecule has 0 heterocycles. The van der Waals surface area contributed by atoms with Crippen molar-refractivity contribution in [2.75, 3.05) is 0 Å². The van der Waals surface area contributed by atoms with Gasteiger partial charge in [-0.15, -0.1) is 11.5 Å². The molecule has 0 amide bonds. The maximum atomic E-state index is 9.45. The minimum absolute atomic E-state index is 0.395. The molecule has 1 atom stereocenters. The van der Waals surface area contributed by atoms with Gasteiger partial charge < -0.3 is 5.11 Å². The summed E-state index contributed by atoms with van der Waals surface area (Å²) in [5, 5.41) is 9.45. The fourth-order valence-corrected chi connectivity index (χ4v) is 1.50. The van der Waals surface area contributed by atoms with Crippen LogP contribution < -0.4 is 0 Å². The average Bonchev–Trinajstić information content (AvgIpc) is 1.81. The molecule has 0 spiro atoms. The van der Waals surface area contributed by atoms with Gasteiger partial charge in [0.1, 0.15) is 8.07 Å². The molecule has 0 bridgehead atoms. The van der Waals surface area contributed by atoms with E-state index >= 15 is 0 Å². The van der Waals surface area contributed by atoms with Gasteiger partial charge in [0.25, 0.3) is 0 Å². The van der Waals surface area contributed by atoms with Gasteiger partial charge in [-0.25, -0.2) is 0 Å². The minimum Gasteiger partial charge on any atom is -0.388 e. The van der Waals surface area contributed by atoms with Crippen LogP contribution in [0.4, 0.5) is 0 Å². The lowest BCUT2D eigenvalue weighted by Crippen LogP contribution is -2.16. The molecule has 0 aromatic rings. The molecule has 0 aliphatic carbocycles. The highest BCUT2D eigenvalue weighted by Gasteiger charge is 2.07. The summed E-state index contributed by atoms with van der Waals surface area (Å²) in [6.45, 7) is 10.6. The van der Waals surface area contributed by atoms with E-state index in [-0.39, 0.29) is 0 Å². The normalized spacial score (nSPS) is 12.8. The molecule has 1 unspecified atom stereocenters. The summed E-state index contributed by atoms with van der Waals surface area (Å²) in [4.78, 5) is 0. The zero-order chi connectivity index (χ0) is 10.5. The molecule has 0 aliphatic heterocycles. The van der Waals surface area contributed by atoms with Gasteiger partial charge in [-0.3, -0.25) is 0 Å². The number of aliphatic hydroxyl groups excluding tert-OH is 1. The van der Waals surface area contributed by atoms with Crippen molar-refractivity contribution in [1.82, 2.24) is 0 Å². The van der Waals surface area contributed by atoms with Crippen molar-refractivity contribution < 1.29 is 5.11 Å². The molecule has 0 radical (unpaired) electrons. The summed E-state index contributed by atoms with van der Waals surface area (Å²) < 4.78 is 0. The van der Waals surface area contributed by atoms with Gasteiger partial charge in [0.2, 0.25) is 0 Å². The topological polar surface area (TPSA) is 20.2 Å². The first-order chi connectivity index (χ1) is 5.81. The monoisotopic (exact) mass is 196 g/mol. The molecule has 1 N–H and O–H groups in total. The maximum absolute atomic E-state index is 9.45. The second-order valence-electron chi connectivity index (χ2n) is 4.57. The predicted octanol–water partition coefficient (Wildman–Crippen LogP) is 2.58. The SMILES string of the molecule is CC(C)=CC(O)CC#C[Si](C)(C)C. The van der Waals surface area contributed by atoms with E-state index in [4.69, 9.17) is 0 Å². The fourth-order valence-electron chi connectivity index (χ4n) is 0.864. The van der Waals surface area contributed by atoms with Crippen molar-refractivity contribution >= 4 is 8.07 Å². The van der Waals surface area contributed by atoms with Crippen molar-refractivity contribution in [2.45, 2.75) is 46.0 Å². The second kappa shape index (κ2) is 5.26.